The molecule has 0 unspecified atom stereocenters. The molecule has 1 heterocycles. The molecule has 0 spiro atoms. The highest BCUT2D eigenvalue weighted by molar-refractivity contribution is 7.89. The summed E-state index contributed by atoms with van der Waals surface area (Å²) in [6, 6.07) is 10.1. The Kier molecular flexibility index (Phi) is 8.49. The molecule has 0 aromatic heterocycles. The van der Waals surface area contributed by atoms with Gasteiger partial charge in [-0.1, -0.05) is 29.8 Å². The molecule has 1 aliphatic heterocycles. The number of halogens is 1. The second-order valence-corrected chi connectivity index (χ2v) is 11.5. The van der Waals surface area contributed by atoms with Gasteiger partial charge in [-0.05, 0) is 76.5 Å². The summed E-state index contributed by atoms with van der Waals surface area (Å²) in [5.41, 5.74) is 3.29. The van der Waals surface area contributed by atoms with Gasteiger partial charge in [0.15, 0.2) is 0 Å². The Hall–Kier alpha value is -2.29. The monoisotopic (exact) mass is 489 g/mol. The van der Waals surface area contributed by atoms with Crippen molar-refractivity contribution in [1.82, 2.24) is 14.1 Å². The number of hydrogen-bond acceptors (Lipinski definition) is 4. The fourth-order valence-electron chi connectivity index (χ4n) is 4.75. The second kappa shape index (κ2) is 11.0. The molecule has 0 atom stereocenters. The first-order valence-corrected chi connectivity index (χ1v) is 13.2. The summed E-state index contributed by atoms with van der Waals surface area (Å²) in [5, 5.41) is 0. The van der Waals surface area contributed by atoms with E-state index in [4.69, 9.17) is 0 Å². The Balaban J connectivity index is 1.72. The first-order valence-electron chi connectivity index (χ1n) is 11.7. The van der Waals surface area contributed by atoms with Gasteiger partial charge in [0.25, 0.3) is 0 Å². The van der Waals surface area contributed by atoms with E-state index in [1.54, 1.807) is 11.0 Å². The summed E-state index contributed by atoms with van der Waals surface area (Å²) in [7, 11) is 0.271. The molecule has 1 saturated heterocycles. The van der Waals surface area contributed by atoms with E-state index in [1.165, 1.54) is 16.4 Å². The third-order valence-electron chi connectivity index (χ3n) is 6.40. The van der Waals surface area contributed by atoms with Crippen molar-refractivity contribution in [2.75, 3.05) is 40.3 Å². The van der Waals surface area contributed by atoms with Gasteiger partial charge >= 0.3 is 0 Å². The molecule has 8 heteroatoms. The lowest BCUT2D eigenvalue weighted by molar-refractivity contribution is -0.137. The molecular weight excluding hydrogens is 453 g/mol. The standard InChI is InChI=1S/C26H36FN3O3S/c1-19-15-20(2)25(21(3)16-19)34(32,33)30-11-9-23(10-12-30)26(31)29(14-13-28(4)5)18-22-7-6-8-24(27)17-22/h6-8,15-17,23H,9-14,18H2,1-5H3. The van der Waals surface area contributed by atoms with Crippen LogP contribution in [0.15, 0.2) is 41.3 Å². The summed E-state index contributed by atoms with van der Waals surface area (Å²) < 4.78 is 42.0. The molecule has 1 amide bonds. The number of carbonyl (C=O) groups excluding carboxylic acids is 1. The van der Waals surface area contributed by atoms with Gasteiger partial charge in [0.1, 0.15) is 5.82 Å². The molecule has 2 aromatic rings. The smallest absolute Gasteiger partial charge is 0.243 e. The fraction of sp³-hybridized carbons (Fsp3) is 0.500. The van der Waals surface area contributed by atoms with Crippen LogP contribution in [0.1, 0.15) is 35.1 Å². The van der Waals surface area contributed by atoms with Crippen molar-refractivity contribution >= 4 is 15.9 Å². The number of piperidine rings is 1. The topological polar surface area (TPSA) is 60.9 Å². The predicted molar refractivity (Wildman–Crippen MR) is 133 cm³/mol. The van der Waals surface area contributed by atoms with E-state index >= 15 is 0 Å². The van der Waals surface area contributed by atoms with E-state index in [2.05, 4.69) is 0 Å². The molecule has 3 rings (SSSR count). The lowest BCUT2D eigenvalue weighted by atomic mass is 9.96. The van der Waals surface area contributed by atoms with Gasteiger partial charge in [0.05, 0.1) is 4.90 Å². The zero-order valence-electron chi connectivity index (χ0n) is 20.8. The maximum atomic E-state index is 13.7. The Morgan fingerprint density at radius 3 is 2.21 bits per heavy atom. The number of carbonyl (C=O) groups is 1. The van der Waals surface area contributed by atoms with Crippen LogP contribution in [0.25, 0.3) is 0 Å². The summed E-state index contributed by atoms with van der Waals surface area (Å²) in [6.45, 7) is 7.81. The van der Waals surface area contributed by atoms with Crippen LogP contribution in [0.5, 0.6) is 0 Å². The van der Waals surface area contributed by atoms with Gasteiger partial charge in [0, 0.05) is 38.6 Å². The van der Waals surface area contributed by atoms with Crippen LogP contribution >= 0.6 is 0 Å². The molecule has 0 aliphatic carbocycles. The molecule has 0 radical (unpaired) electrons. The Morgan fingerprint density at radius 1 is 1.03 bits per heavy atom. The molecule has 0 bridgehead atoms. The third-order valence-corrected chi connectivity index (χ3v) is 8.60. The Bertz CT molecular complexity index is 1100. The maximum Gasteiger partial charge on any atom is 0.243 e. The van der Waals surface area contributed by atoms with Gasteiger partial charge in [-0.2, -0.15) is 4.31 Å². The van der Waals surface area contributed by atoms with Crippen LogP contribution in [-0.2, 0) is 21.4 Å². The normalized spacial score (nSPS) is 15.6. The van der Waals surface area contributed by atoms with Crippen LogP contribution in [0.2, 0.25) is 0 Å². The van der Waals surface area contributed by atoms with Crippen molar-refractivity contribution in [2.24, 2.45) is 5.92 Å². The number of hydrogen-bond donors (Lipinski definition) is 0. The van der Waals surface area contributed by atoms with E-state index in [0.29, 0.717) is 50.5 Å². The molecule has 1 aliphatic rings. The number of likely N-dealkylation sites (N-methyl/N-ethyl adjacent to an activating group) is 1. The highest BCUT2D eigenvalue weighted by atomic mass is 32.2. The Labute approximate surface area is 203 Å². The molecule has 6 nitrogen and oxygen atoms in total. The van der Waals surface area contributed by atoms with Crippen molar-refractivity contribution in [3.05, 3.63) is 64.5 Å². The maximum absolute atomic E-state index is 13.7. The van der Waals surface area contributed by atoms with Gasteiger partial charge in [-0.3, -0.25) is 4.79 Å². The number of nitrogens with zero attached hydrogens (tertiary/aromatic N) is 3. The van der Waals surface area contributed by atoms with Crippen LogP contribution < -0.4 is 0 Å². The third kappa shape index (κ3) is 6.23. The second-order valence-electron chi connectivity index (χ2n) is 9.60. The molecular formula is C26H36FN3O3S. The summed E-state index contributed by atoms with van der Waals surface area (Å²) in [4.78, 5) is 17.6. The molecule has 186 valence electrons. The van der Waals surface area contributed by atoms with Crippen LogP contribution in [-0.4, -0.2) is 68.7 Å². The molecule has 34 heavy (non-hydrogen) atoms. The van der Waals surface area contributed by atoms with Crippen molar-refractivity contribution in [2.45, 2.75) is 45.1 Å². The van der Waals surface area contributed by atoms with Gasteiger partial charge in [0.2, 0.25) is 15.9 Å². The largest absolute Gasteiger partial charge is 0.337 e. The van der Waals surface area contributed by atoms with Gasteiger partial charge in [-0.25, -0.2) is 12.8 Å². The minimum Gasteiger partial charge on any atom is -0.337 e. The van der Waals surface area contributed by atoms with E-state index in [1.807, 2.05) is 58.0 Å². The SMILES string of the molecule is Cc1cc(C)c(S(=O)(=O)N2CCC(C(=O)N(CCN(C)C)Cc3cccc(F)c3)CC2)c(C)c1. The summed E-state index contributed by atoms with van der Waals surface area (Å²) in [6.07, 6.45) is 0.952. The average molecular weight is 490 g/mol. The molecule has 0 N–H and O–H groups in total. The lowest BCUT2D eigenvalue weighted by Crippen LogP contribution is -2.45. The minimum absolute atomic E-state index is 0.00542. The predicted octanol–water partition coefficient (Wildman–Crippen LogP) is 3.74. The van der Waals surface area contributed by atoms with Crippen molar-refractivity contribution < 1.29 is 17.6 Å². The van der Waals surface area contributed by atoms with Crippen molar-refractivity contribution in [3.63, 3.8) is 0 Å². The van der Waals surface area contributed by atoms with Gasteiger partial charge in [-0.15, -0.1) is 0 Å². The zero-order valence-corrected chi connectivity index (χ0v) is 21.7. The fourth-order valence-corrected chi connectivity index (χ4v) is 6.63. The first kappa shape index (κ1) is 26.3. The molecule has 1 fully saturated rings. The average Bonchev–Trinajstić information content (AvgIpc) is 2.75. The van der Waals surface area contributed by atoms with Crippen LogP contribution in [0, 0.1) is 32.5 Å². The number of rotatable bonds is 8. The van der Waals surface area contributed by atoms with E-state index < -0.39 is 10.0 Å². The summed E-state index contributed by atoms with van der Waals surface area (Å²) in [5.74, 6) is -0.564. The quantitative estimate of drug-likeness (QED) is 0.567. The van der Waals surface area contributed by atoms with E-state index in [0.717, 1.165) is 22.3 Å². The van der Waals surface area contributed by atoms with Gasteiger partial charge < -0.3 is 9.80 Å². The highest BCUT2D eigenvalue weighted by Crippen LogP contribution is 2.29. The summed E-state index contributed by atoms with van der Waals surface area (Å²) >= 11 is 0. The molecule has 0 saturated carbocycles. The number of benzene rings is 2. The highest BCUT2D eigenvalue weighted by Gasteiger charge is 2.35. The number of sulfonamides is 1. The van der Waals surface area contributed by atoms with E-state index in [9.17, 15) is 17.6 Å². The minimum atomic E-state index is -3.62. The van der Waals surface area contributed by atoms with Crippen LogP contribution in [0.4, 0.5) is 4.39 Å². The Morgan fingerprint density at radius 2 is 1.65 bits per heavy atom. The molecule has 2 aromatic carbocycles. The lowest BCUT2D eigenvalue weighted by Gasteiger charge is -2.34. The first-order chi connectivity index (χ1) is 16.0. The van der Waals surface area contributed by atoms with E-state index in [-0.39, 0.29) is 17.6 Å². The zero-order chi connectivity index (χ0) is 25.0. The van der Waals surface area contributed by atoms with Crippen molar-refractivity contribution in [3.8, 4) is 0 Å². The van der Waals surface area contributed by atoms with Crippen molar-refractivity contribution in [1.29, 1.82) is 0 Å². The van der Waals surface area contributed by atoms with Crippen LogP contribution in [0.3, 0.4) is 0 Å². The number of aryl methyl sites for hydroxylation is 3. The number of amides is 1.